The van der Waals surface area contributed by atoms with E-state index < -0.39 is 7.55 Å². The molecule has 0 aliphatic heterocycles. The van der Waals surface area contributed by atoms with E-state index >= 15 is 0 Å². The summed E-state index contributed by atoms with van der Waals surface area (Å²) in [6.45, 7) is 3.29. The molecule has 4 nitrogen and oxygen atoms in total. The molecule has 1 aromatic rings. The molecule has 0 aromatic carbocycles. The monoisotopic (exact) mass is 123 g/mol. The summed E-state index contributed by atoms with van der Waals surface area (Å²) < 4.78 is 1.84. The summed E-state index contributed by atoms with van der Waals surface area (Å²) in [7, 11) is -0.431. The van der Waals surface area contributed by atoms with Crippen LogP contribution >= 0.6 is 0 Å². The van der Waals surface area contributed by atoms with Crippen molar-refractivity contribution in [2.75, 3.05) is 0 Å². The Morgan fingerprint density at radius 1 is 1.78 bits per heavy atom. The minimum absolute atomic E-state index is 0.431. The molecule has 0 atom stereocenters. The van der Waals surface area contributed by atoms with Gasteiger partial charge in [0.2, 0.25) is 0 Å². The quantitative estimate of drug-likeness (QED) is 0.316. The molecule has 1 N–H and O–H groups in total. The highest BCUT2D eigenvalue weighted by Gasteiger charge is 1.76. The average Bonchev–Trinajstić information content (AvgIpc) is 2.34. The lowest BCUT2D eigenvalue weighted by atomic mass is 10.2. The van der Waals surface area contributed by atoms with Crippen LogP contribution < -0.4 is 5.34 Å². The third kappa shape index (κ3) is 1.60. The van der Waals surface area contributed by atoms with Gasteiger partial charge in [0, 0.05) is 12.9 Å². The molecular formula is C4H8BN4-. The standard InChI is InChI=1S/C4H8BN4/c1-6-8-5-9-4-2-3-7-9/h2-4,8H,1,5H2/q-1. The van der Waals surface area contributed by atoms with Crippen LogP contribution in [0.25, 0.3) is 0 Å². The van der Waals surface area contributed by atoms with Crippen LogP contribution in [0.3, 0.4) is 0 Å². The van der Waals surface area contributed by atoms with E-state index in [0.717, 1.165) is 0 Å². The first-order chi connectivity index (χ1) is 4.43. The fraction of sp³-hybridized carbons (Fsp3) is 0. The molecule has 0 unspecified atom stereocenters. The van der Waals surface area contributed by atoms with Crippen LogP contribution in [0, 0.1) is 0 Å². The molecule has 0 bridgehead atoms. The second-order valence-electron chi connectivity index (χ2n) is 1.79. The van der Waals surface area contributed by atoms with Gasteiger partial charge in [0.15, 0.2) is 7.55 Å². The van der Waals surface area contributed by atoms with E-state index in [0.29, 0.717) is 0 Å². The fourth-order valence-corrected chi connectivity index (χ4v) is 0.651. The lowest BCUT2D eigenvalue weighted by Crippen LogP contribution is -2.21. The van der Waals surface area contributed by atoms with Gasteiger partial charge in [-0.05, 0) is 12.3 Å². The van der Waals surface area contributed by atoms with Gasteiger partial charge in [-0.3, -0.25) is 0 Å². The van der Waals surface area contributed by atoms with Crippen molar-refractivity contribution < 1.29 is 0 Å². The first-order valence-corrected chi connectivity index (χ1v) is 2.87. The van der Waals surface area contributed by atoms with E-state index in [2.05, 4.69) is 22.3 Å². The van der Waals surface area contributed by atoms with Crippen molar-refractivity contribution in [2.45, 2.75) is 0 Å². The van der Waals surface area contributed by atoms with Crippen molar-refractivity contribution in [1.29, 1.82) is 0 Å². The third-order valence-electron chi connectivity index (χ3n) is 1.12. The molecule has 0 spiro atoms. The minimum atomic E-state index is -0.431. The van der Waals surface area contributed by atoms with Gasteiger partial charge in [-0.1, -0.05) is 0 Å². The molecule has 5 heteroatoms. The van der Waals surface area contributed by atoms with Crippen LogP contribution in [0.1, 0.15) is 0 Å². The maximum atomic E-state index is 3.98. The van der Waals surface area contributed by atoms with Gasteiger partial charge in [0.1, 0.15) is 0 Å². The van der Waals surface area contributed by atoms with Crippen LogP contribution in [0.4, 0.5) is 0 Å². The predicted molar refractivity (Wildman–Crippen MR) is 38.9 cm³/mol. The van der Waals surface area contributed by atoms with Crippen molar-refractivity contribution in [3.05, 3.63) is 18.5 Å². The normalized spacial score (nSPS) is 8.89. The molecule has 0 fully saturated rings. The van der Waals surface area contributed by atoms with E-state index in [4.69, 9.17) is 0 Å². The Morgan fingerprint density at radius 2 is 2.67 bits per heavy atom. The van der Waals surface area contributed by atoms with Gasteiger partial charge < -0.3 is 9.93 Å². The molecule has 0 saturated heterocycles. The van der Waals surface area contributed by atoms with E-state index in [1.54, 1.807) is 6.20 Å². The highest BCUT2D eigenvalue weighted by Crippen LogP contribution is 1.75. The van der Waals surface area contributed by atoms with Crippen LogP contribution in [0.5, 0.6) is 0 Å². The topological polar surface area (TPSA) is 42.2 Å². The summed E-state index contributed by atoms with van der Waals surface area (Å²) in [6, 6.07) is 1.88. The molecule has 0 aliphatic rings. The zero-order valence-corrected chi connectivity index (χ0v) is 5.28. The number of hydrogen-bond donors (Lipinski definition) is 1. The maximum Gasteiger partial charge on any atom is 0.189 e. The van der Waals surface area contributed by atoms with Gasteiger partial charge in [-0.2, -0.15) is 0 Å². The summed E-state index contributed by atoms with van der Waals surface area (Å²) in [4.78, 5) is 0. The summed E-state index contributed by atoms with van der Waals surface area (Å²) in [5.74, 6) is 0. The molecular weight excluding hydrogens is 115 g/mol. The number of nitrogens with zero attached hydrogens (tertiary/aromatic N) is 3. The van der Waals surface area contributed by atoms with E-state index in [-0.39, 0.29) is 0 Å². The Labute approximate surface area is 53.9 Å². The van der Waals surface area contributed by atoms with Crippen molar-refractivity contribution in [1.82, 2.24) is 15.0 Å². The van der Waals surface area contributed by atoms with Crippen molar-refractivity contribution >= 4 is 14.3 Å². The molecule has 1 aromatic heterocycles. The van der Waals surface area contributed by atoms with Crippen molar-refractivity contribution in [2.24, 2.45) is 5.10 Å². The van der Waals surface area contributed by atoms with Crippen LogP contribution in [-0.4, -0.2) is 24.0 Å². The Kier molecular flexibility index (Phi) is 1.90. The Balaban J connectivity index is 2.38. The third-order valence-corrected chi connectivity index (χ3v) is 1.12. The number of nitrogens with one attached hydrogen (secondary N) is 1. The number of hydrogen-bond acceptors (Lipinski definition) is 3. The lowest BCUT2D eigenvalue weighted by molar-refractivity contribution is 0.923. The van der Waals surface area contributed by atoms with Crippen LogP contribution in [0.15, 0.2) is 23.6 Å². The van der Waals surface area contributed by atoms with Gasteiger partial charge in [0.25, 0.3) is 0 Å². The zero-order chi connectivity index (χ0) is 6.53. The highest BCUT2D eigenvalue weighted by atomic mass is 15.3. The smallest absolute Gasteiger partial charge is 0.189 e. The summed E-state index contributed by atoms with van der Waals surface area (Å²) in [5.41, 5.74) is 0. The van der Waals surface area contributed by atoms with Crippen molar-refractivity contribution in [3.63, 3.8) is 0 Å². The predicted octanol–water partition coefficient (Wildman–Crippen LogP) is -1.06. The summed E-state index contributed by atoms with van der Waals surface area (Å²) in [5, 5.41) is 10.3. The zero-order valence-electron chi connectivity index (χ0n) is 5.28. The van der Waals surface area contributed by atoms with Gasteiger partial charge >= 0.3 is 0 Å². The molecule has 9 heavy (non-hydrogen) atoms. The number of hydrazone groups is 1. The second-order valence-corrected chi connectivity index (χ2v) is 1.79. The Hall–Kier alpha value is -1.26. The van der Waals surface area contributed by atoms with E-state index in [1.807, 2.05) is 16.9 Å². The maximum absolute atomic E-state index is 3.98. The van der Waals surface area contributed by atoms with E-state index in [1.165, 1.54) is 0 Å². The molecule has 0 aliphatic carbocycles. The Bertz CT molecular complexity index is 171. The second kappa shape index (κ2) is 2.91. The first-order valence-electron chi connectivity index (χ1n) is 2.87. The minimum Gasteiger partial charge on any atom is -0.464 e. The van der Waals surface area contributed by atoms with Gasteiger partial charge in [0.05, 0.1) is 0 Å². The molecule has 1 rings (SSSR count). The van der Waals surface area contributed by atoms with Gasteiger partial charge in [-0.15, -0.1) is 0 Å². The Morgan fingerprint density at radius 3 is 3.22 bits per heavy atom. The molecule has 1 heterocycles. The summed E-state index contributed by atoms with van der Waals surface area (Å²) >= 11 is 0. The summed E-state index contributed by atoms with van der Waals surface area (Å²) in [6.07, 6.45) is 3.65. The molecule has 0 saturated carbocycles. The molecule has 0 radical (unpaired) electrons. The fourth-order valence-electron chi connectivity index (χ4n) is 0.651. The van der Waals surface area contributed by atoms with Gasteiger partial charge in [-0.25, -0.2) is 10.2 Å². The largest absolute Gasteiger partial charge is 0.464 e. The first kappa shape index (κ1) is 5.87. The number of rotatable bonds is 3. The molecule has 48 valence electrons. The average molecular weight is 123 g/mol. The van der Waals surface area contributed by atoms with Crippen LogP contribution in [-0.2, 0) is 0 Å². The number of aromatic nitrogens is 2. The lowest BCUT2D eigenvalue weighted by Gasteiger charge is -2.05. The molecule has 0 amide bonds. The van der Waals surface area contributed by atoms with Crippen molar-refractivity contribution in [3.8, 4) is 0 Å². The van der Waals surface area contributed by atoms with E-state index in [9.17, 15) is 0 Å². The van der Waals surface area contributed by atoms with Crippen LogP contribution in [0.2, 0.25) is 0 Å². The SMILES string of the molecule is C=NN[BH2-]n1cccn1. The highest BCUT2D eigenvalue weighted by molar-refractivity contribution is 6.29.